The third kappa shape index (κ3) is 4.38. The van der Waals surface area contributed by atoms with E-state index in [2.05, 4.69) is 34.9 Å². The quantitative estimate of drug-likeness (QED) is 0.709. The Labute approximate surface area is 160 Å². The van der Waals surface area contributed by atoms with Crippen LogP contribution in [0.3, 0.4) is 0 Å². The van der Waals surface area contributed by atoms with Crippen molar-refractivity contribution in [3.8, 4) is 0 Å². The van der Waals surface area contributed by atoms with Gasteiger partial charge in [-0.3, -0.25) is 9.59 Å². The summed E-state index contributed by atoms with van der Waals surface area (Å²) >= 11 is 0. The second kappa shape index (κ2) is 7.95. The maximum atomic E-state index is 12.2. The standard InChI is InChI=1S/C23H26N2O2/c26-22(20-14-18(20)16-8-3-1-4-9-16)24-12-7-13-25-23(27)21-15-19(21)17-10-5-2-6-11-17/h1-6,8-11,18-21H,7,12-15H2,(H,24,26)(H,25,27)/t18-,19-,20-,21+/m1/s1. The molecular weight excluding hydrogens is 336 g/mol. The summed E-state index contributed by atoms with van der Waals surface area (Å²) in [5.41, 5.74) is 2.50. The summed E-state index contributed by atoms with van der Waals surface area (Å²) in [5.74, 6) is 1.24. The Hall–Kier alpha value is -2.62. The van der Waals surface area contributed by atoms with E-state index >= 15 is 0 Å². The fraction of sp³-hybridized carbons (Fsp3) is 0.391. The molecule has 0 heterocycles. The van der Waals surface area contributed by atoms with E-state index in [9.17, 15) is 9.59 Å². The summed E-state index contributed by atoms with van der Waals surface area (Å²) in [6.45, 7) is 1.23. The van der Waals surface area contributed by atoms with Gasteiger partial charge in [-0.15, -0.1) is 0 Å². The Morgan fingerprint density at radius 1 is 0.704 bits per heavy atom. The number of benzene rings is 2. The third-order valence-electron chi connectivity index (χ3n) is 5.66. The van der Waals surface area contributed by atoms with E-state index in [1.54, 1.807) is 0 Å². The summed E-state index contributed by atoms with van der Waals surface area (Å²) in [5, 5.41) is 6.01. The minimum Gasteiger partial charge on any atom is -0.356 e. The molecule has 4 rings (SSSR count). The van der Waals surface area contributed by atoms with Crippen molar-refractivity contribution in [1.82, 2.24) is 10.6 Å². The van der Waals surface area contributed by atoms with E-state index in [0.29, 0.717) is 24.9 Å². The van der Waals surface area contributed by atoms with Crippen molar-refractivity contribution in [3.63, 3.8) is 0 Å². The van der Waals surface area contributed by atoms with Gasteiger partial charge in [-0.05, 0) is 42.2 Å². The van der Waals surface area contributed by atoms with E-state index in [0.717, 1.165) is 19.3 Å². The molecule has 2 saturated carbocycles. The lowest BCUT2D eigenvalue weighted by molar-refractivity contribution is -0.122. The van der Waals surface area contributed by atoms with Crippen LogP contribution in [0.25, 0.3) is 0 Å². The number of amides is 2. The molecule has 4 atom stereocenters. The van der Waals surface area contributed by atoms with E-state index < -0.39 is 0 Å². The van der Waals surface area contributed by atoms with E-state index in [1.807, 2.05) is 36.4 Å². The summed E-state index contributed by atoms with van der Waals surface area (Å²) in [6.07, 6.45) is 2.65. The Kier molecular flexibility index (Phi) is 5.23. The van der Waals surface area contributed by atoms with Crippen LogP contribution >= 0.6 is 0 Å². The number of carbonyl (C=O) groups excluding carboxylic acids is 2. The first kappa shape index (κ1) is 17.8. The average molecular weight is 362 g/mol. The summed E-state index contributed by atoms with van der Waals surface area (Å²) in [6, 6.07) is 20.4. The number of hydrogen-bond donors (Lipinski definition) is 2. The molecule has 0 spiro atoms. The Morgan fingerprint density at radius 3 is 1.52 bits per heavy atom. The molecule has 0 unspecified atom stereocenters. The molecule has 0 aliphatic heterocycles. The van der Waals surface area contributed by atoms with Gasteiger partial charge in [-0.25, -0.2) is 0 Å². The molecule has 2 aromatic rings. The van der Waals surface area contributed by atoms with Crippen LogP contribution in [-0.4, -0.2) is 24.9 Å². The van der Waals surface area contributed by atoms with Crippen LogP contribution in [0, 0.1) is 11.8 Å². The molecule has 0 saturated heterocycles. The lowest BCUT2D eigenvalue weighted by Gasteiger charge is -2.07. The molecule has 0 bridgehead atoms. The van der Waals surface area contributed by atoms with Gasteiger partial charge in [0.2, 0.25) is 11.8 Å². The predicted octanol–water partition coefficient (Wildman–Crippen LogP) is 3.22. The second-order valence-corrected chi connectivity index (χ2v) is 7.65. The van der Waals surface area contributed by atoms with Gasteiger partial charge in [0.15, 0.2) is 0 Å². The first-order valence-electron chi connectivity index (χ1n) is 9.89. The lowest BCUT2D eigenvalue weighted by atomic mass is 10.1. The Balaban J connectivity index is 1.10. The molecule has 27 heavy (non-hydrogen) atoms. The van der Waals surface area contributed by atoms with Crippen LogP contribution in [0.5, 0.6) is 0 Å². The van der Waals surface area contributed by atoms with Crippen molar-refractivity contribution in [2.24, 2.45) is 11.8 Å². The molecular formula is C23H26N2O2. The second-order valence-electron chi connectivity index (χ2n) is 7.65. The minimum atomic E-state index is 0.111. The van der Waals surface area contributed by atoms with Gasteiger partial charge in [-0.2, -0.15) is 0 Å². The van der Waals surface area contributed by atoms with Crippen molar-refractivity contribution in [1.29, 1.82) is 0 Å². The van der Waals surface area contributed by atoms with Crippen molar-refractivity contribution >= 4 is 11.8 Å². The molecule has 0 aromatic heterocycles. The monoisotopic (exact) mass is 362 g/mol. The van der Waals surface area contributed by atoms with E-state index in [4.69, 9.17) is 0 Å². The smallest absolute Gasteiger partial charge is 0.223 e. The zero-order chi connectivity index (χ0) is 18.6. The van der Waals surface area contributed by atoms with Crippen molar-refractivity contribution < 1.29 is 9.59 Å². The number of hydrogen-bond acceptors (Lipinski definition) is 2. The molecule has 2 aliphatic carbocycles. The van der Waals surface area contributed by atoms with Crippen molar-refractivity contribution in [3.05, 3.63) is 71.8 Å². The van der Waals surface area contributed by atoms with Gasteiger partial charge in [0.1, 0.15) is 0 Å². The molecule has 2 fully saturated rings. The van der Waals surface area contributed by atoms with Gasteiger partial charge >= 0.3 is 0 Å². The Bertz CT molecular complexity index is 723. The van der Waals surface area contributed by atoms with Gasteiger partial charge in [0.05, 0.1) is 0 Å². The molecule has 2 amide bonds. The zero-order valence-corrected chi connectivity index (χ0v) is 15.4. The minimum absolute atomic E-state index is 0.111. The molecule has 140 valence electrons. The highest BCUT2D eigenvalue weighted by atomic mass is 16.2. The summed E-state index contributed by atoms with van der Waals surface area (Å²) in [4.78, 5) is 24.4. The summed E-state index contributed by atoms with van der Waals surface area (Å²) in [7, 11) is 0. The molecule has 2 aromatic carbocycles. The van der Waals surface area contributed by atoms with Crippen molar-refractivity contribution in [2.45, 2.75) is 31.1 Å². The van der Waals surface area contributed by atoms with E-state index in [-0.39, 0.29) is 23.7 Å². The molecule has 4 heteroatoms. The number of nitrogens with one attached hydrogen (secondary N) is 2. The normalized spacial score (nSPS) is 25.5. The highest BCUT2D eigenvalue weighted by Crippen LogP contribution is 2.48. The third-order valence-corrected chi connectivity index (χ3v) is 5.66. The zero-order valence-electron chi connectivity index (χ0n) is 15.4. The van der Waals surface area contributed by atoms with Gasteiger partial charge in [-0.1, -0.05) is 60.7 Å². The fourth-order valence-electron chi connectivity index (χ4n) is 3.88. The van der Waals surface area contributed by atoms with Gasteiger partial charge < -0.3 is 10.6 Å². The SMILES string of the molecule is O=C(NCCCNC(=O)[C@@H]1C[C@@H]1c1ccccc1)[C@H]1C[C@@H]1c1ccccc1. The van der Waals surface area contributed by atoms with Crippen LogP contribution in [0.2, 0.25) is 0 Å². The number of rotatable bonds is 8. The average Bonchev–Trinajstić information content (AvgIpc) is 3.62. The topological polar surface area (TPSA) is 58.2 Å². The molecule has 2 N–H and O–H groups in total. The van der Waals surface area contributed by atoms with Crippen LogP contribution < -0.4 is 10.6 Å². The number of carbonyl (C=O) groups is 2. The summed E-state index contributed by atoms with van der Waals surface area (Å²) < 4.78 is 0. The van der Waals surface area contributed by atoms with Gasteiger partial charge in [0, 0.05) is 24.9 Å². The van der Waals surface area contributed by atoms with E-state index in [1.165, 1.54) is 11.1 Å². The van der Waals surface area contributed by atoms with Crippen LogP contribution in [-0.2, 0) is 9.59 Å². The first-order valence-corrected chi connectivity index (χ1v) is 9.89. The largest absolute Gasteiger partial charge is 0.356 e. The fourth-order valence-corrected chi connectivity index (χ4v) is 3.88. The highest BCUT2D eigenvalue weighted by molar-refractivity contribution is 5.83. The highest BCUT2D eigenvalue weighted by Gasteiger charge is 2.44. The molecule has 4 nitrogen and oxygen atoms in total. The van der Waals surface area contributed by atoms with Crippen LogP contribution in [0.4, 0.5) is 0 Å². The van der Waals surface area contributed by atoms with Crippen LogP contribution in [0.15, 0.2) is 60.7 Å². The molecule has 0 radical (unpaired) electrons. The van der Waals surface area contributed by atoms with Crippen molar-refractivity contribution in [2.75, 3.05) is 13.1 Å². The molecule has 2 aliphatic rings. The maximum absolute atomic E-state index is 12.2. The maximum Gasteiger partial charge on any atom is 0.223 e. The lowest BCUT2D eigenvalue weighted by Crippen LogP contribution is -2.31. The first-order chi connectivity index (χ1) is 13.2. The van der Waals surface area contributed by atoms with Gasteiger partial charge in [0.25, 0.3) is 0 Å². The Morgan fingerprint density at radius 2 is 1.11 bits per heavy atom. The van der Waals surface area contributed by atoms with Crippen LogP contribution in [0.1, 0.15) is 42.2 Å². The predicted molar refractivity (Wildman–Crippen MR) is 105 cm³/mol.